The van der Waals surface area contributed by atoms with Crippen molar-refractivity contribution in [2.45, 2.75) is 98.4 Å². The van der Waals surface area contributed by atoms with Gasteiger partial charge < -0.3 is 26.0 Å². The summed E-state index contributed by atoms with van der Waals surface area (Å²) in [7, 11) is 0. The van der Waals surface area contributed by atoms with E-state index in [9.17, 15) is 19.2 Å². The van der Waals surface area contributed by atoms with Gasteiger partial charge in [0.15, 0.2) is 0 Å². The number of primary amides is 1. The number of nitrogens with zero attached hydrogens (tertiary/aromatic N) is 1. The second-order valence-electron chi connectivity index (χ2n) is 10.1. The summed E-state index contributed by atoms with van der Waals surface area (Å²) in [4.78, 5) is 53.1. The molecule has 0 aliphatic heterocycles. The predicted octanol–water partition coefficient (Wildman–Crippen LogP) is 3.27. The first-order valence-corrected chi connectivity index (χ1v) is 12.1. The molecule has 0 saturated heterocycles. The molecular formula is C26H42N4O5. The lowest BCUT2D eigenvalue weighted by atomic mass is 9.93. The predicted molar refractivity (Wildman–Crippen MR) is 136 cm³/mol. The first-order chi connectivity index (χ1) is 16.2. The standard InChI is InChI=1S/C26H42N4O5/c1-9-10-14-30(24(33)19(15-20(27)31)29-25(34)35-26(6,7)8)22(23(32)28-16(2)3)21-17(4)12-11-13-18(21)5/h11-13,16,19,22H,9-10,14-15H2,1-8H3,(H2,27,31)(H,28,32)(H,29,34). The lowest BCUT2D eigenvalue weighted by Crippen LogP contribution is -2.54. The van der Waals surface area contributed by atoms with Crippen LogP contribution in [0.5, 0.6) is 0 Å². The molecule has 4 amide bonds. The monoisotopic (exact) mass is 490 g/mol. The van der Waals surface area contributed by atoms with Gasteiger partial charge >= 0.3 is 6.09 Å². The fourth-order valence-corrected chi connectivity index (χ4v) is 3.80. The smallest absolute Gasteiger partial charge is 0.408 e. The minimum absolute atomic E-state index is 0.154. The molecule has 0 fully saturated rings. The Kier molecular flexibility index (Phi) is 11.2. The number of aryl methyl sites for hydroxylation is 2. The topological polar surface area (TPSA) is 131 Å². The van der Waals surface area contributed by atoms with Crippen molar-refractivity contribution in [3.05, 3.63) is 34.9 Å². The molecule has 0 aliphatic rings. The van der Waals surface area contributed by atoms with E-state index in [1.165, 1.54) is 4.90 Å². The Morgan fingerprint density at radius 1 is 1.06 bits per heavy atom. The van der Waals surface area contributed by atoms with Crippen molar-refractivity contribution in [2.24, 2.45) is 5.73 Å². The van der Waals surface area contributed by atoms with E-state index in [2.05, 4.69) is 10.6 Å². The minimum atomic E-state index is -1.28. The van der Waals surface area contributed by atoms with Gasteiger partial charge in [-0.05, 0) is 71.6 Å². The quantitative estimate of drug-likeness (QED) is 0.438. The van der Waals surface area contributed by atoms with Crippen molar-refractivity contribution in [3.63, 3.8) is 0 Å². The first kappa shape index (κ1) is 29.9. The number of rotatable bonds is 11. The van der Waals surface area contributed by atoms with Crippen LogP contribution in [-0.4, -0.2) is 52.9 Å². The summed E-state index contributed by atoms with van der Waals surface area (Å²) in [5, 5.41) is 5.41. The molecule has 1 aromatic rings. The molecule has 35 heavy (non-hydrogen) atoms. The Balaban J connectivity index is 3.57. The van der Waals surface area contributed by atoms with E-state index in [4.69, 9.17) is 10.5 Å². The summed E-state index contributed by atoms with van der Waals surface area (Å²) in [5.41, 5.74) is 7.04. The lowest BCUT2D eigenvalue weighted by molar-refractivity contribution is -0.143. The molecule has 0 aromatic heterocycles. The molecule has 2 atom stereocenters. The Bertz CT molecular complexity index is 887. The Morgan fingerprint density at radius 2 is 1.63 bits per heavy atom. The normalized spacial score (nSPS) is 13.1. The van der Waals surface area contributed by atoms with Crippen LogP contribution in [0.2, 0.25) is 0 Å². The molecule has 1 rings (SSSR count). The molecular weight excluding hydrogens is 448 g/mol. The van der Waals surface area contributed by atoms with Gasteiger partial charge in [0.2, 0.25) is 17.7 Å². The van der Waals surface area contributed by atoms with Crippen molar-refractivity contribution in [1.29, 1.82) is 0 Å². The third kappa shape index (κ3) is 9.58. The average molecular weight is 491 g/mol. The molecule has 0 heterocycles. The number of benzene rings is 1. The summed E-state index contributed by atoms with van der Waals surface area (Å²) >= 11 is 0. The Labute approximate surface area is 209 Å². The highest BCUT2D eigenvalue weighted by molar-refractivity contribution is 5.94. The van der Waals surface area contributed by atoms with E-state index >= 15 is 0 Å². The van der Waals surface area contributed by atoms with E-state index in [1.54, 1.807) is 20.8 Å². The van der Waals surface area contributed by atoms with Crippen molar-refractivity contribution >= 4 is 23.8 Å². The van der Waals surface area contributed by atoms with Crippen LogP contribution in [-0.2, 0) is 19.1 Å². The number of amides is 4. The van der Waals surface area contributed by atoms with Gasteiger partial charge in [-0.25, -0.2) is 4.79 Å². The maximum atomic E-state index is 13.9. The third-order valence-electron chi connectivity index (χ3n) is 5.24. The second-order valence-corrected chi connectivity index (χ2v) is 10.1. The summed E-state index contributed by atoms with van der Waals surface area (Å²) in [5.74, 6) is -1.67. The Morgan fingerprint density at radius 3 is 2.09 bits per heavy atom. The highest BCUT2D eigenvalue weighted by atomic mass is 16.6. The fraction of sp³-hybridized carbons (Fsp3) is 0.615. The van der Waals surface area contributed by atoms with E-state index in [0.29, 0.717) is 12.0 Å². The van der Waals surface area contributed by atoms with Gasteiger partial charge in [-0.15, -0.1) is 0 Å². The summed E-state index contributed by atoms with van der Waals surface area (Å²) in [6.07, 6.45) is 0.126. The zero-order chi connectivity index (χ0) is 26.9. The van der Waals surface area contributed by atoms with Crippen LogP contribution in [0.4, 0.5) is 4.79 Å². The van der Waals surface area contributed by atoms with Gasteiger partial charge in [-0.2, -0.15) is 0 Å². The van der Waals surface area contributed by atoms with Gasteiger partial charge in [0.25, 0.3) is 0 Å². The zero-order valence-electron chi connectivity index (χ0n) is 22.4. The molecule has 4 N–H and O–H groups in total. The lowest BCUT2D eigenvalue weighted by Gasteiger charge is -2.36. The molecule has 9 heteroatoms. The van der Waals surface area contributed by atoms with E-state index in [1.807, 2.05) is 52.8 Å². The maximum absolute atomic E-state index is 13.9. The zero-order valence-corrected chi connectivity index (χ0v) is 22.4. The van der Waals surface area contributed by atoms with Crippen LogP contribution in [0.1, 0.15) is 83.5 Å². The molecule has 0 aliphatic carbocycles. The summed E-state index contributed by atoms with van der Waals surface area (Å²) in [6.45, 7) is 14.8. The minimum Gasteiger partial charge on any atom is -0.444 e. The fourth-order valence-electron chi connectivity index (χ4n) is 3.80. The van der Waals surface area contributed by atoms with Gasteiger partial charge in [-0.3, -0.25) is 14.4 Å². The summed E-state index contributed by atoms with van der Waals surface area (Å²) in [6, 6.07) is 3.29. The number of hydrogen-bond donors (Lipinski definition) is 3. The molecule has 0 saturated carbocycles. The average Bonchev–Trinajstić information content (AvgIpc) is 2.69. The Hall–Kier alpha value is -3.10. The molecule has 0 spiro atoms. The SMILES string of the molecule is CCCCN(C(=O)C(CC(N)=O)NC(=O)OC(C)(C)C)C(C(=O)NC(C)C)c1c(C)cccc1C. The number of alkyl carbamates (subject to hydrolysis) is 1. The highest BCUT2D eigenvalue weighted by Gasteiger charge is 2.38. The van der Waals surface area contributed by atoms with E-state index < -0.39 is 42.0 Å². The molecule has 0 radical (unpaired) electrons. The van der Waals surface area contributed by atoms with Gasteiger partial charge in [0, 0.05) is 12.6 Å². The van der Waals surface area contributed by atoms with Gasteiger partial charge in [-0.1, -0.05) is 31.5 Å². The van der Waals surface area contributed by atoms with Crippen molar-refractivity contribution < 1.29 is 23.9 Å². The highest BCUT2D eigenvalue weighted by Crippen LogP contribution is 2.29. The number of ether oxygens (including phenoxy) is 1. The van der Waals surface area contributed by atoms with Crippen molar-refractivity contribution in [3.8, 4) is 0 Å². The maximum Gasteiger partial charge on any atom is 0.408 e. The molecule has 0 bridgehead atoms. The van der Waals surface area contributed by atoms with Crippen LogP contribution < -0.4 is 16.4 Å². The van der Waals surface area contributed by atoms with Crippen LogP contribution in [0, 0.1) is 13.8 Å². The van der Waals surface area contributed by atoms with Crippen LogP contribution >= 0.6 is 0 Å². The van der Waals surface area contributed by atoms with Crippen molar-refractivity contribution in [2.75, 3.05) is 6.54 Å². The molecule has 1 aromatic carbocycles. The van der Waals surface area contributed by atoms with Gasteiger partial charge in [0.05, 0.1) is 6.42 Å². The van der Waals surface area contributed by atoms with Crippen molar-refractivity contribution in [1.82, 2.24) is 15.5 Å². The number of unbranched alkanes of at least 4 members (excludes halogenated alkanes) is 1. The number of hydrogen-bond acceptors (Lipinski definition) is 5. The number of nitrogens with one attached hydrogen (secondary N) is 2. The third-order valence-corrected chi connectivity index (χ3v) is 5.24. The molecule has 2 unspecified atom stereocenters. The van der Waals surface area contributed by atoms with Crippen LogP contribution in [0.15, 0.2) is 18.2 Å². The van der Waals surface area contributed by atoms with Gasteiger partial charge in [0.1, 0.15) is 17.7 Å². The van der Waals surface area contributed by atoms with Crippen LogP contribution in [0.3, 0.4) is 0 Å². The van der Waals surface area contributed by atoms with E-state index in [0.717, 1.165) is 17.5 Å². The molecule has 196 valence electrons. The largest absolute Gasteiger partial charge is 0.444 e. The number of carbonyl (C=O) groups excluding carboxylic acids is 4. The molecule has 9 nitrogen and oxygen atoms in total. The van der Waals surface area contributed by atoms with Crippen LogP contribution in [0.25, 0.3) is 0 Å². The number of carbonyl (C=O) groups is 4. The first-order valence-electron chi connectivity index (χ1n) is 12.1. The number of nitrogens with two attached hydrogens (primary N) is 1. The van der Waals surface area contributed by atoms with E-state index in [-0.39, 0.29) is 18.5 Å². The second kappa shape index (κ2) is 13.1. The summed E-state index contributed by atoms with van der Waals surface area (Å²) < 4.78 is 5.29.